The molecule has 0 saturated carbocycles. The van der Waals surface area contributed by atoms with Gasteiger partial charge in [0.25, 0.3) is 0 Å². The van der Waals surface area contributed by atoms with E-state index in [4.69, 9.17) is 13.9 Å². The molecule has 0 atom stereocenters. The molecule has 4 rings (SSSR count). The van der Waals surface area contributed by atoms with Gasteiger partial charge in [-0.3, -0.25) is 14.7 Å². The molecule has 0 radical (unpaired) electrons. The topological polar surface area (TPSA) is 85.1 Å². The molecule has 1 amide bonds. The number of thioether (sulfide) groups is 1. The summed E-state index contributed by atoms with van der Waals surface area (Å²) >= 11 is 1.58. The van der Waals surface area contributed by atoms with Crippen molar-refractivity contribution in [1.29, 1.82) is 0 Å². The average molecular weight is 624 g/mol. The van der Waals surface area contributed by atoms with Crippen LogP contribution in [0, 0.1) is 0 Å². The van der Waals surface area contributed by atoms with Crippen molar-refractivity contribution < 1.29 is 31.9 Å². The predicted molar refractivity (Wildman–Crippen MR) is 162 cm³/mol. The van der Waals surface area contributed by atoms with Crippen LogP contribution in [0.15, 0.2) is 56.9 Å². The molecule has 1 aliphatic heterocycles. The van der Waals surface area contributed by atoms with Crippen LogP contribution in [0.3, 0.4) is 0 Å². The highest BCUT2D eigenvalue weighted by molar-refractivity contribution is 7.99. The first-order chi connectivity index (χ1) is 20.6. The van der Waals surface area contributed by atoms with Crippen LogP contribution in [0.4, 0.5) is 18.0 Å². The van der Waals surface area contributed by atoms with E-state index in [-0.39, 0.29) is 23.4 Å². The van der Waals surface area contributed by atoms with Gasteiger partial charge in [0, 0.05) is 48.7 Å². The Hall–Kier alpha value is -3.25. The molecule has 3 aromatic rings. The summed E-state index contributed by atoms with van der Waals surface area (Å²) in [5.41, 5.74) is -0.613. The normalized spacial score (nSPS) is 14.0. The molecule has 0 spiro atoms. The summed E-state index contributed by atoms with van der Waals surface area (Å²) in [6, 6.07) is 6.90. The van der Waals surface area contributed by atoms with Gasteiger partial charge in [-0.1, -0.05) is 19.9 Å². The Morgan fingerprint density at radius 3 is 2.49 bits per heavy atom. The van der Waals surface area contributed by atoms with Gasteiger partial charge in [0.2, 0.25) is 11.2 Å². The lowest BCUT2D eigenvalue weighted by Gasteiger charge is -2.34. The van der Waals surface area contributed by atoms with Crippen LogP contribution >= 0.6 is 11.8 Å². The summed E-state index contributed by atoms with van der Waals surface area (Å²) in [7, 11) is 0. The van der Waals surface area contributed by atoms with Crippen molar-refractivity contribution in [2.45, 2.75) is 70.7 Å². The summed E-state index contributed by atoms with van der Waals surface area (Å²) in [5, 5.41) is 0.706. The minimum Gasteiger partial charge on any atom is -0.487 e. The van der Waals surface area contributed by atoms with Crippen molar-refractivity contribution >= 4 is 28.8 Å². The molecule has 2 aromatic heterocycles. The summed E-state index contributed by atoms with van der Waals surface area (Å²) in [4.78, 5) is 33.3. The number of aromatic nitrogens is 1. The molecule has 3 heterocycles. The van der Waals surface area contributed by atoms with Crippen molar-refractivity contribution in [1.82, 2.24) is 14.8 Å². The first-order valence-electron chi connectivity index (χ1n) is 14.6. The Balaban J connectivity index is 0.00000248. The number of hydrogen-bond donors (Lipinski definition) is 0. The number of rotatable bonds is 11. The third kappa shape index (κ3) is 10.5. The van der Waals surface area contributed by atoms with Gasteiger partial charge >= 0.3 is 12.3 Å². The Bertz CT molecular complexity index is 1370. The molecule has 12 heteroatoms. The fraction of sp³-hybridized carbons (Fsp3) is 0.516. The van der Waals surface area contributed by atoms with E-state index < -0.39 is 11.7 Å². The van der Waals surface area contributed by atoms with E-state index in [2.05, 4.69) is 9.88 Å². The number of carbonyl (C=O) groups is 1. The van der Waals surface area contributed by atoms with Gasteiger partial charge < -0.3 is 18.8 Å². The minimum atomic E-state index is -4.40. The molecule has 0 bridgehead atoms. The van der Waals surface area contributed by atoms with Gasteiger partial charge in [-0.15, -0.1) is 11.8 Å². The van der Waals surface area contributed by atoms with E-state index in [1.807, 2.05) is 33.8 Å². The van der Waals surface area contributed by atoms with E-state index in [0.29, 0.717) is 56.0 Å². The number of nitrogens with zero attached hydrogens (tertiary/aromatic N) is 3. The number of pyridine rings is 1. The number of hydrogen-bond acceptors (Lipinski definition) is 8. The van der Waals surface area contributed by atoms with Gasteiger partial charge in [-0.25, -0.2) is 4.79 Å². The lowest BCUT2D eigenvalue weighted by atomic mass is 10.1. The van der Waals surface area contributed by atoms with Crippen molar-refractivity contribution in [2.24, 2.45) is 0 Å². The number of unbranched alkanes of at least 4 members (excludes halogenated alkanes) is 2. The van der Waals surface area contributed by atoms with E-state index in [1.165, 1.54) is 24.6 Å². The van der Waals surface area contributed by atoms with Crippen molar-refractivity contribution in [3.63, 3.8) is 0 Å². The van der Waals surface area contributed by atoms with E-state index in [1.54, 1.807) is 16.7 Å². The van der Waals surface area contributed by atoms with Crippen LogP contribution in [-0.4, -0.2) is 65.5 Å². The second-order valence-electron chi connectivity index (χ2n) is 10.1. The molecule has 1 aromatic carbocycles. The van der Waals surface area contributed by atoms with Gasteiger partial charge in [0.15, 0.2) is 0 Å². The highest BCUT2D eigenvalue weighted by atomic mass is 32.2. The van der Waals surface area contributed by atoms with E-state index in [0.717, 1.165) is 42.0 Å². The first kappa shape index (κ1) is 34.2. The minimum absolute atomic E-state index is 0.156. The SMILES string of the molecule is CC.CC(C)OC(=O)N1CCN(Cc2cc(=O)c(OCCCCCSc3ccnc4cc(C(F)(F)F)ccc34)co2)CC1. The number of carbonyl (C=O) groups excluding carboxylic acids is 1. The summed E-state index contributed by atoms with van der Waals surface area (Å²) in [6.07, 6.45) is 0.522. The molecule has 1 fully saturated rings. The molecule has 0 unspecified atom stereocenters. The maximum atomic E-state index is 13.0. The van der Waals surface area contributed by atoms with Crippen LogP contribution < -0.4 is 10.2 Å². The van der Waals surface area contributed by atoms with E-state index in [9.17, 15) is 22.8 Å². The second-order valence-corrected chi connectivity index (χ2v) is 11.2. The summed E-state index contributed by atoms with van der Waals surface area (Å²) in [5.74, 6) is 1.51. The van der Waals surface area contributed by atoms with Crippen molar-refractivity contribution in [2.75, 3.05) is 38.5 Å². The van der Waals surface area contributed by atoms with Crippen molar-refractivity contribution in [3.05, 3.63) is 64.3 Å². The molecule has 8 nitrogen and oxygen atoms in total. The molecule has 0 aliphatic carbocycles. The monoisotopic (exact) mass is 623 g/mol. The Morgan fingerprint density at radius 2 is 1.81 bits per heavy atom. The number of benzene rings is 1. The molecule has 1 saturated heterocycles. The average Bonchev–Trinajstić information content (AvgIpc) is 2.98. The summed E-state index contributed by atoms with van der Waals surface area (Å²) in [6.45, 7) is 10.9. The maximum absolute atomic E-state index is 13.0. The molecular weight excluding hydrogens is 583 g/mol. The van der Waals surface area contributed by atoms with Gasteiger partial charge in [0.05, 0.1) is 30.3 Å². The highest BCUT2D eigenvalue weighted by Gasteiger charge is 2.30. The standard InChI is InChI=1S/C29H34F3N3O5S.C2H6/c1-20(2)40-28(37)35-12-10-34(11-13-35)18-22-17-25(36)26(19-39-22)38-14-4-3-5-15-41-27-8-9-33-24-16-21(29(30,31)32)6-7-23(24)27;1-2/h6-9,16-17,19-20H,3-5,10-15,18H2,1-2H3;1-2H3. The number of alkyl halides is 3. The largest absolute Gasteiger partial charge is 0.487 e. The maximum Gasteiger partial charge on any atom is 0.416 e. The fourth-order valence-electron chi connectivity index (χ4n) is 4.38. The Kier molecular flexibility index (Phi) is 13.2. The smallest absolute Gasteiger partial charge is 0.416 e. The second kappa shape index (κ2) is 16.6. The van der Waals surface area contributed by atoms with Crippen LogP contribution in [0.2, 0.25) is 0 Å². The number of fused-ring (bicyclic) bond motifs is 1. The van der Waals surface area contributed by atoms with Crippen LogP contribution in [-0.2, 0) is 17.5 Å². The van der Waals surface area contributed by atoms with E-state index >= 15 is 0 Å². The number of piperazine rings is 1. The molecular formula is C31H40F3N3O5S. The lowest BCUT2D eigenvalue weighted by molar-refractivity contribution is -0.137. The third-order valence-electron chi connectivity index (χ3n) is 6.53. The van der Waals surface area contributed by atoms with Gasteiger partial charge in [-0.05, 0) is 57.1 Å². The number of amides is 1. The quantitative estimate of drug-likeness (QED) is 0.163. The summed E-state index contributed by atoms with van der Waals surface area (Å²) < 4.78 is 55.4. The van der Waals surface area contributed by atoms with Gasteiger partial charge in [0.1, 0.15) is 12.0 Å². The zero-order chi connectivity index (χ0) is 31.4. The lowest BCUT2D eigenvalue weighted by Crippen LogP contribution is -2.48. The fourth-order valence-corrected chi connectivity index (χ4v) is 5.43. The molecule has 0 N–H and O–H groups in total. The Morgan fingerprint density at radius 1 is 1.07 bits per heavy atom. The van der Waals surface area contributed by atoms with Crippen LogP contribution in [0.1, 0.15) is 58.3 Å². The predicted octanol–water partition coefficient (Wildman–Crippen LogP) is 7.24. The zero-order valence-electron chi connectivity index (χ0n) is 25.1. The highest BCUT2D eigenvalue weighted by Crippen LogP contribution is 2.34. The van der Waals surface area contributed by atoms with Crippen LogP contribution in [0.25, 0.3) is 10.9 Å². The third-order valence-corrected chi connectivity index (χ3v) is 7.69. The zero-order valence-corrected chi connectivity index (χ0v) is 25.9. The van der Waals surface area contributed by atoms with Crippen molar-refractivity contribution in [3.8, 4) is 5.75 Å². The number of ether oxygens (including phenoxy) is 2. The number of halogens is 3. The Labute approximate surface area is 254 Å². The first-order valence-corrected chi connectivity index (χ1v) is 15.6. The van der Waals surface area contributed by atoms with Gasteiger partial charge in [-0.2, -0.15) is 13.2 Å². The molecule has 1 aliphatic rings. The molecule has 43 heavy (non-hydrogen) atoms. The van der Waals surface area contributed by atoms with Crippen LogP contribution in [0.5, 0.6) is 5.75 Å². The molecule has 236 valence electrons.